The lowest BCUT2D eigenvalue weighted by Gasteiger charge is -2.47. The van der Waals surface area contributed by atoms with Gasteiger partial charge in [0.1, 0.15) is 11.1 Å². The van der Waals surface area contributed by atoms with Crippen molar-refractivity contribution in [3.8, 4) is 5.88 Å². The molecule has 4 rings (SSSR count). The van der Waals surface area contributed by atoms with Crippen LogP contribution in [0.1, 0.15) is 11.4 Å². The van der Waals surface area contributed by atoms with Gasteiger partial charge in [-0.05, 0) is 6.07 Å². The Morgan fingerprint density at radius 2 is 2.24 bits per heavy atom. The predicted octanol–water partition coefficient (Wildman–Crippen LogP) is 2.68. The quantitative estimate of drug-likeness (QED) is 0.866. The summed E-state index contributed by atoms with van der Waals surface area (Å²) in [7, 11) is 0. The number of nitrogens with zero attached hydrogens (tertiary/aromatic N) is 3. The largest absolute Gasteiger partial charge is 0.473 e. The molecule has 21 heavy (non-hydrogen) atoms. The van der Waals surface area contributed by atoms with E-state index in [0.717, 1.165) is 37.7 Å². The van der Waals surface area contributed by atoms with Gasteiger partial charge in [0, 0.05) is 53.9 Å². The van der Waals surface area contributed by atoms with Crippen LogP contribution in [0.15, 0.2) is 36.0 Å². The topological polar surface area (TPSA) is 38.2 Å². The van der Waals surface area contributed by atoms with Crippen LogP contribution in [0.4, 0.5) is 0 Å². The first-order valence-corrected chi connectivity index (χ1v) is 9.00. The van der Waals surface area contributed by atoms with Crippen LogP contribution in [0.25, 0.3) is 0 Å². The molecule has 0 N–H and O–H groups in total. The van der Waals surface area contributed by atoms with Crippen LogP contribution in [-0.2, 0) is 6.54 Å². The molecule has 2 aromatic rings. The van der Waals surface area contributed by atoms with Crippen molar-refractivity contribution in [2.75, 3.05) is 18.8 Å². The van der Waals surface area contributed by atoms with Crippen LogP contribution in [0, 0.1) is 0 Å². The summed E-state index contributed by atoms with van der Waals surface area (Å²) in [5.74, 6) is 1.82. The number of hydrogen-bond donors (Lipinski definition) is 0. The van der Waals surface area contributed by atoms with Crippen molar-refractivity contribution in [1.82, 2.24) is 14.9 Å². The minimum atomic E-state index is 0.298. The van der Waals surface area contributed by atoms with Crippen LogP contribution in [0.3, 0.4) is 0 Å². The summed E-state index contributed by atoms with van der Waals surface area (Å²) in [6.07, 6.45) is 5.10. The minimum Gasteiger partial charge on any atom is -0.473 e. The number of ether oxygens (including phenoxy) is 1. The zero-order chi connectivity index (χ0) is 14.1. The molecule has 4 nitrogen and oxygen atoms in total. The Labute approximate surface area is 132 Å². The molecule has 0 radical (unpaired) electrons. The molecule has 1 atom stereocenters. The zero-order valence-electron chi connectivity index (χ0n) is 11.6. The van der Waals surface area contributed by atoms with E-state index >= 15 is 0 Å². The Morgan fingerprint density at radius 3 is 3.00 bits per heavy atom. The third-order valence-electron chi connectivity index (χ3n) is 3.97. The van der Waals surface area contributed by atoms with Crippen LogP contribution in [0.5, 0.6) is 5.88 Å². The Hall–Kier alpha value is -1.11. The number of likely N-dealkylation sites (tertiary alicyclic amines) is 1. The fourth-order valence-corrected chi connectivity index (χ4v) is 5.32. The lowest BCUT2D eigenvalue weighted by Crippen LogP contribution is -2.58. The van der Waals surface area contributed by atoms with Gasteiger partial charge in [-0.1, -0.05) is 6.07 Å². The second-order valence-electron chi connectivity index (χ2n) is 5.68. The molecule has 1 spiro atoms. The van der Waals surface area contributed by atoms with E-state index in [1.807, 2.05) is 29.8 Å². The number of aromatic nitrogens is 2. The maximum absolute atomic E-state index is 5.99. The number of thioether (sulfide) groups is 1. The molecule has 110 valence electrons. The monoisotopic (exact) mass is 319 g/mol. The van der Waals surface area contributed by atoms with Gasteiger partial charge >= 0.3 is 0 Å². The SMILES string of the molecule is c1ccc(OC2CSC3(C2)CN(Cc2nccs2)C3)nc1. The van der Waals surface area contributed by atoms with E-state index in [2.05, 4.69) is 26.6 Å². The Morgan fingerprint density at radius 1 is 1.29 bits per heavy atom. The van der Waals surface area contributed by atoms with Crippen molar-refractivity contribution >= 4 is 23.1 Å². The molecule has 0 aromatic carbocycles. The average Bonchev–Trinajstić information content (AvgIpc) is 3.10. The van der Waals surface area contributed by atoms with Gasteiger partial charge in [-0.15, -0.1) is 23.1 Å². The fraction of sp³-hybridized carbons (Fsp3) is 0.467. The average molecular weight is 319 g/mol. The second kappa shape index (κ2) is 5.59. The van der Waals surface area contributed by atoms with E-state index in [0.29, 0.717) is 10.9 Å². The van der Waals surface area contributed by atoms with Gasteiger partial charge in [0.05, 0.1) is 6.54 Å². The zero-order valence-corrected chi connectivity index (χ0v) is 13.3. The summed E-state index contributed by atoms with van der Waals surface area (Å²) in [4.78, 5) is 11.1. The maximum atomic E-state index is 5.99. The van der Waals surface area contributed by atoms with E-state index in [4.69, 9.17) is 4.74 Å². The summed E-state index contributed by atoms with van der Waals surface area (Å²) >= 11 is 3.81. The first kappa shape index (κ1) is 13.5. The number of thiazole rings is 1. The molecule has 0 bridgehead atoms. The second-order valence-corrected chi connectivity index (χ2v) is 8.14. The van der Waals surface area contributed by atoms with E-state index in [1.54, 1.807) is 17.5 Å². The van der Waals surface area contributed by atoms with Crippen LogP contribution in [0.2, 0.25) is 0 Å². The molecule has 0 amide bonds. The standard InChI is InChI=1S/C15H17N3OS2/c1-2-4-16-13(3-1)19-12-7-15(21-9-12)10-18(11-15)8-14-17-5-6-20-14/h1-6,12H,7-11H2. The highest BCUT2D eigenvalue weighted by Gasteiger charge is 2.49. The van der Waals surface area contributed by atoms with Gasteiger partial charge in [-0.2, -0.15) is 0 Å². The highest BCUT2D eigenvalue weighted by molar-refractivity contribution is 8.01. The molecule has 2 fully saturated rings. The predicted molar refractivity (Wildman–Crippen MR) is 85.9 cm³/mol. The van der Waals surface area contributed by atoms with Gasteiger partial charge in [0.25, 0.3) is 0 Å². The van der Waals surface area contributed by atoms with Gasteiger partial charge in [0.2, 0.25) is 5.88 Å². The van der Waals surface area contributed by atoms with Gasteiger partial charge in [0.15, 0.2) is 0 Å². The van der Waals surface area contributed by atoms with Gasteiger partial charge < -0.3 is 4.74 Å². The van der Waals surface area contributed by atoms with Gasteiger partial charge in [-0.3, -0.25) is 4.90 Å². The molecule has 2 aliphatic heterocycles. The molecule has 0 saturated carbocycles. The lowest BCUT2D eigenvalue weighted by atomic mass is 9.93. The van der Waals surface area contributed by atoms with Crippen molar-refractivity contribution < 1.29 is 4.74 Å². The van der Waals surface area contributed by atoms with Crippen LogP contribution >= 0.6 is 23.1 Å². The van der Waals surface area contributed by atoms with Crippen molar-refractivity contribution in [3.05, 3.63) is 41.0 Å². The van der Waals surface area contributed by atoms with E-state index in [-0.39, 0.29) is 0 Å². The van der Waals surface area contributed by atoms with Crippen molar-refractivity contribution in [2.45, 2.75) is 23.8 Å². The highest BCUT2D eigenvalue weighted by atomic mass is 32.2. The summed E-state index contributed by atoms with van der Waals surface area (Å²) in [5, 5.41) is 3.26. The molecule has 1 unspecified atom stereocenters. The fourth-order valence-electron chi connectivity index (χ4n) is 3.09. The number of hydrogen-bond acceptors (Lipinski definition) is 6. The minimum absolute atomic E-state index is 0.298. The summed E-state index contributed by atoms with van der Waals surface area (Å²) < 4.78 is 6.39. The number of rotatable bonds is 4. The maximum Gasteiger partial charge on any atom is 0.213 e. The molecule has 0 aliphatic carbocycles. The molecule has 6 heteroatoms. The van der Waals surface area contributed by atoms with Crippen molar-refractivity contribution in [1.29, 1.82) is 0 Å². The van der Waals surface area contributed by atoms with Crippen molar-refractivity contribution in [3.63, 3.8) is 0 Å². The van der Waals surface area contributed by atoms with E-state index < -0.39 is 0 Å². The first-order valence-electron chi connectivity index (χ1n) is 7.14. The summed E-state index contributed by atoms with van der Waals surface area (Å²) in [6.45, 7) is 3.30. The Bertz CT molecular complexity index is 584. The normalized spacial score (nSPS) is 24.1. The third-order valence-corrected chi connectivity index (χ3v) is 6.31. The molecule has 2 aliphatic rings. The smallest absolute Gasteiger partial charge is 0.213 e. The first-order chi connectivity index (χ1) is 10.3. The third kappa shape index (κ3) is 2.93. The Balaban J connectivity index is 1.29. The molecule has 2 aromatic heterocycles. The lowest BCUT2D eigenvalue weighted by molar-refractivity contribution is 0.0908. The van der Waals surface area contributed by atoms with Crippen LogP contribution in [-0.4, -0.2) is 44.6 Å². The molecule has 4 heterocycles. The van der Waals surface area contributed by atoms with E-state index in [9.17, 15) is 0 Å². The number of pyridine rings is 1. The molecular weight excluding hydrogens is 302 g/mol. The van der Waals surface area contributed by atoms with Crippen LogP contribution < -0.4 is 4.74 Å². The molecule has 2 saturated heterocycles. The Kier molecular flexibility index (Phi) is 3.61. The summed E-state index contributed by atoms with van der Waals surface area (Å²) in [5.41, 5.74) is 0. The molecular formula is C15H17N3OS2. The summed E-state index contributed by atoms with van der Waals surface area (Å²) in [6, 6.07) is 5.82. The van der Waals surface area contributed by atoms with Gasteiger partial charge in [-0.25, -0.2) is 9.97 Å². The van der Waals surface area contributed by atoms with E-state index in [1.165, 1.54) is 5.01 Å². The van der Waals surface area contributed by atoms with Crippen molar-refractivity contribution in [2.24, 2.45) is 0 Å². The highest BCUT2D eigenvalue weighted by Crippen LogP contribution is 2.46.